The Balaban J connectivity index is 3.40. The van der Waals surface area contributed by atoms with Crippen molar-refractivity contribution in [1.29, 1.82) is 0 Å². The van der Waals surface area contributed by atoms with E-state index in [2.05, 4.69) is 9.72 Å². The first-order chi connectivity index (χ1) is 8.02. The zero-order chi connectivity index (χ0) is 13.0. The van der Waals surface area contributed by atoms with E-state index in [-0.39, 0.29) is 18.8 Å². The van der Waals surface area contributed by atoms with Gasteiger partial charge in [-0.1, -0.05) is 0 Å². The van der Waals surface area contributed by atoms with Crippen LogP contribution in [0.4, 0.5) is 13.2 Å². The first-order valence-corrected chi connectivity index (χ1v) is 4.85. The van der Waals surface area contributed by atoms with Crippen molar-refractivity contribution in [3.8, 4) is 0 Å². The smallest absolute Gasteiger partial charge is 0.340 e. The Bertz CT molecular complexity index is 424. The fourth-order valence-electron chi connectivity index (χ4n) is 1.34. The second kappa shape index (κ2) is 5.62. The summed E-state index contributed by atoms with van der Waals surface area (Å²) in [6, 6.07) is 0. The number of halogens is 3. The quantitative estimate of drug-likeness (QED) is 0.825. The predicted octanol–water partition coefficient (Wildman–Crippen LogP) is 1.79. The molecule has 0 atom stereocenters. The van der Waals surface area contributed by atoms with E-state index >= 15 is 0 Å². The van der Waals surface area contributed by atoms with E-state index in [1.165, 1.54) is 6.92 Å². The summed E-state index contributed by atoms with van der Waals surface area (Å²) in [7, 11) is 0. The van der Waals surface area contributed by atoms with Gasteiger partial charge in [0.25, 0.3) is 6.43 Å². The highest BCUT2D eigenvalue weighted by Crippen LogP contribution is 2.27. The molecular weight excluding hydrogens is 237 g/mol. The summed E-state index contributed by atoms with van der Waals surface area (Å²) in [5.41, 5.74) is 3.56. The van der Waals surface area contributed by atoms with Crippen LogP contribution in [-0.4, -0.2) is 17.6 Å². The van der Waals surface area contributed by atoms with E-state index in [0.29, 0.717) is 6.20 Å². The van der Waals surface area contributed by atoms with Crippen molar-refractivity contribution < 1.29 is 22.7 Å². The van der Waals surface area contributed by atoms with Gasteiger partial charge in [0, 0.05) is 6.54 Å². The normalized spacial score (nSPS) is 10.7. The highest BCUT2D eigenvalue weighted by Gasteiger charge is 2.27. The standard InChI is InChI=1S/C10H11F3N2O2/c1-2-17-10(16)8-6(3-14)15-4-5(11)7(8)9(12)13/h4,9H,2-3,14H2,1H3. The van der Waals surface area contributed by atoms with E-state index in [1.54, 1.807) is 0 Å². The number of nitrogens with zero attached hydrogens (tertiary/aromatic N) is 1. The van der Waals surface area contributed by atoms with E-state index in [0.717, 1.165) is 0 Å². The molecule has 0 spiro atoms. The molecule has 17 heavy (non-hydrogen) atoms. The van der Waals surface area contributed by atoms with Gasteiger partial charge in [-0.05, 0) is 6.92 Å². The van der Waals surface area contributed by atoms with Crippen molar-refractivity contribution in [1.82, 2.24) is 4.98 Å². The number of rotatable bonds is 4. The lowest BCUT2D eigenvalue weighted by molar-refractivity contribution is 0.0511. The Morgan fingerprint density at radius 1 is 1.59 bits per heavy atom. The fraction of sp³-hybridized carbons (Fsp3) is 0.400. The summed E-state index contributed by atoms with van der Waals surface area (Å²) >= 11 is 0. The van der Waals surface area contributed by atoms with Gasteiger partial charge < -0.3 is 10.5 Å². The van der Waals surface area contributed by atoms with Gasteiger partial charge in [0.15, 0.2) is 5.82 Å². The minimum Gasteiger partial charge on any atom is -0.462 e. The number of hydrogen-bond acceptors (Lipinski definition) is 4. The Labute approximate surface area is 95.6 Å². The average molecular weight is 248 g/mol. The van der Waals surface area contributed by atoms with Gasteiger partial charge in [0.05, 0.1) is 29.6 Å². The second-order valence-corrected chi connectivity index (χ2v) is 3.07. The maximum Gasteiger partial charge on any atom is 0.340 e. The van der Waals surface area contributed by atoms with E-state index in [1.807, 2.05) is 0 Å². The summed E-state index contributed by atoms with van der Waals surface area (Å²) < 4.78 is 43.2. The molecule has 0 unspecified atom stereocenters. The molecule has 0 aromatic carbocycles. The highest BCUT2D eigenvalue weighted by molar-refractivity contribution is 5.92. The van der Waals surface area contributed by atoms with Gasteiger partial charge in [-0.3, -0.25) is 4.98 Å². The summed E-state index contributed by atoms with van der Waals surface area (Å²) in [5, 5.41) is 0. The van der Waals surface area contributed by atoms with Gasteiger partial charge in [0.2, 0.25) is 0 Å². The first kappa shape index (κ1) is 13.4. The fourth-order valence-corrected chi connectivity index (χ4v) is 1.34. The molecule has 1 aromatic heterocycles. The Hall–Kier alpha value is -1.63. The molecule has 94 valence electrons. The molecule has 0 aliphatic carbocycles. The Morgan fingerprint density at radius 2 is 2.24 bits per heavy atom. The molecule has 1 aromatic rings. The Kier molecular flexibility index (Phi) is 4.45. The Morgan fingerprint density at radius 3 is 2.71 bits per heavy atom. The predicted molar refractivity (Wildman–Crippen MR) is 53.0 cm³/mol. The zero-order valence-electron chi connectivity index (χ0n) is 9.04. The molecule has 0 fully saturated rings. The van der Waals surface area contributed by atoms with Gasteiger partial charge in [-0.15, -0.1) is 0 Å². The van der Waals surface area contributed by atoms with Crippen LogP contribution in [0.5, 0.6) is 0 Å². The topological polar surface area (TPSA) is 65.2 Å². The van der Waals surface area contributed by atoms with Gasteiger partial charge >= 0.3 is 5.97 Å². The minimum absolute atomic E-state index is 0.0119. The van der Waals surface area contributed by atoms with Crippen LogP contribution in [-0.2, 0) is 11.3 Å². The van der Waals surface area contributed by atoms with Crippen molar-refractivity contribution in [3.05, 3.63) is 28.8 Å². The van der Waals surface area contributed by atoms with Crippen LogP contribution in [0.15, 0.2) is 6.20 Å². The lowest BCUT2D eigenvalue weighted by atomic mass is 10.1. The van der Waals surface area contributed by atoms with E-state index < -0.39 is 29.3 Å². The second-order valence-electron chi connectivity index (χ2n) is 3.07. The summed E-state index contributed by atoms with van der Waals surface area (Å²) in [5.74, 6) is -2.30. The number of aromatic nitrogens is 1. The number of carbonyl (C=O) groups is 1. The summed E-state index contributed by atoms with van der Waals surface area (Å²) in [4.78, 5) is 15.0. The van der Waals surface area contributed by atoms with Gasteiger partial charge in [-0.2, -0.15) is 0 Å². The molecule has 0 saturated carbocycles. The first-order valence-electron chi connectivity index (χ1n) is 4.85. The van der Waals surface area contributed by atoms with Crippen LogP contribution in [0.25, 0.3) is 0 Å². The number of nitrogens with two attached hydrogens (primary N) is 1. The summed E-state index contributed by atoms with van der Waals surface area (Å²) in [6.45, 7) is 1.24. The zero-order valence-corrected chi connectivity index (χ0v) is 9.04. The molecular formula is C10H11F3N2O2. The molecule has 0 saturated heterocycles. The number of esters is 1. The van der Waals surface area contributed by atoms with Crippen LogP contribution in [0, 0.1) is 5.82 Å². The van der Waals surface area contributed by atoms with Gasteiger partial charge in [0.1, 0.15) is 0 Å². The molecule has 1 heterocycles. The van der Waals surface area contributed by atoms with Crippen molar-refractivity contribution in [2.45, 2.75) is 19.9 Å². The van der Waals surface area contributed by atoms with Crippen LogP contribution in [0.2, 0.25) is 0 Å². The van der Waals surface area contributed by atoms with E-state index in [4.69, 9.17) is 5.73 Å². The third-order valence-electron chi connectivity index (χ3n) is 2.04. The lowest BCUT2D eigenvalue weighted by Crippen LogP contribution is -2.17. The average Bonchev–Trinajstić information content (AvgIpc) is 2.28. The van der Waals surface area contributed by atoms with Crippen LogP contribution in [0.3, 0.4) is 0 Å². The molecule has 0 bridgehead atoms. The number of alkyl halides is 2. The molecule has 0 aliphatic rings. The van der Waals surface area contributed by atoms with E-state index in [9.17, 15) is 18.0 Å². The third-order valence-corrected chi connectivity index (χ3v) is 2.04. The molecule has 2 N–H and O–H groups in total. The maximum absolute atomic E-state index is 13.2. The largest absolute Gasteiger partial charge is 0.462 e. The SMILES string of the molecule is CCOC(=O)c1c(CN)ncc(F)c1C(F)F. The van der Waals surface area contributed by atoms with Crippen LogP contribution in [0.1, 0.15) is 35.0 Å². The van der Waals surface area contributed by atoms with Crippen molar-refractivity contribution in [2.24, 2.45) is 5.73 Å². The molecule has 1 rings (SSSR count). The number of carbonyl (C=O) groups excluding carboxylic acids is 1. The third kappa shape index (κ3) is 2.73. The highest BCUT2D eigenvalue weighted by atomic mass is 19.3. The molecule has 7 heteroatoms. The number of ether oxygens (including phenoxy) is 1. The van der Waals surface area contributed by atoms with Crippen LogP contribution < -0.4 is 5.73 Å². The monoisotopic (exact) mass is 248 g/mol. The number of hydrogen-bond donors (Lipinski definition) is 1. The van der Waals surface area contributed by atoms with Crippen molar-refractivity contribution in [3.63, 3.8) is 0 Å². The molecule has 0 aliphatic heterocycles. The molecule has 0 radical (unpaired) electrons. The van der Waals surface area contributed by atoms with Crippen LogP contribution >= 0.6 is 0 Å². The van der Waals surface area contributed by atoms with Gasteiger partial charge in [-0.25, -0.2) is 18.0 Å². The molecule has 4 nitrogen and oxygen atoms in total. The summed E-state index contributed by atoms with van der Waals surface area (Å²) in [6.07, 6.45) is -2.52. The van der Waals surface area contributed by atoms with Crippen molar-refractivity contribution >= 4 is 5.97 Å². The number of pyridine rings is 1. The minimum atomic E-state index is -3.14. The maximum atomic E-state index is 13.2. The molecule has 0 amide bonds. The van der Waals surface area contributed by atoms with Crippen molar-refractivity contribution in [2.75, 3.05) is 6.61 Å². The lowest BCUT2D eigenvalue weighted by Gasteiger charge is -2.12.